The summed E-state index contributed by atoms with van der Waals surface area (Å²) < 4.78 is 1.52. The zero-order valence-electron chi connectivity index (χ0n) is 13.3. The third-order valence-corrected chi connectivity index (χ3v) is 5.21. The molecule has 0 radical (unpaired) electrons. The fourth-order valence-corrected chi connectivity index (χ4v) is 3.81. The molecule has 25 heavy (non-hydrogen) atoms. The average molecular weight is 367 g/mol. The van der Waals surface area contributed by atoms with E-state index in [1.807, 2.05) is 30.3 Å². The van der Waals surface area contributed by atoms with Gasteiger partial charge >= 0.3 is 0 Å². The van der Waals surface area contributed by atoms with E-state index in [4.69, 9.17) is 17.4 Å². The van der Waals surface area contributed by atoms with Gasteiger partial charge in [-0.1, -0.05) is 78.0 Å². The van der Waals surface area contributed by atoms with Crippen LogP contribution in [0.4, 0.5) is 0 Å². The third kappa shape index (κ3) is 3.21. The summed E-state index contributed by atoms with van der Waals surface area (Å²) in [6.07, 6.45) is 0. The minimum atomic E-state index is 0.600. The van der Waals surface area contributed by atoms with E-state index < -0.39 is 0 Å². The summed E-state index contributed by atoms with van der Waals surface area (Å²) in [5.74, 6) is 7.56. The van der Waals surface area contributed by atoms with E-state index in [0.29, 0.717) is 16.0 Å². The Morgan fingerprint density at radius 1 is 0.960 bits per heavy atom. The van der Waals surface area contributed by atoms with Gasteiger partial charge in [0.1, 0.15) is 0 Å². The summed E-state index contributed by atoms with van der Waals surface area (Å²) in [6, 6.07) is 22.1. The molecule has 3 aromatic carbocycles. The van der Waals surface area contributed by atoms with Gasteiger partial charge in [0.2, 0.25) is 5.16 Å². The first-order valence-corrected chi connectivity index (χ1v) is 9.14. The van der Waals surface area contributed by atoms with Crippen LogP contribution in [-0.2, 0) is 5.75 Å². The number of aromatic nitrogens is 3. The van der Waals surface area contributed by atoms with Crippen LogP contribution in [0.15, 0.2) is 71.9 Å². The van der Waals surface area contributed by atoms with Crippen LogP contribution < -0.4 is 5.84 Å². The predicted molar refractivity (Wildman–Crippen MR) is 104 cm³/mol. The van der Waals surface area contributed by atoms with Crippen LogP contribution in [0.2, 0.25) is 5.02 Å². The van der Waals surface area contributed by atoms with Crippen LogP contribution in [0.5, 0.6) is 0 Å². The van der Waals surface area contributed by atoms with E-state index in [-0.39, 0.29) is 0 Å². The van der Waals surface area contributed by atoms with Crippen LogP contribution in [0, 0.1) is 0 Å². The van der Waals surface area contributed by atoms with Crippen LogP contribution in [0.25, 0.3) is 22.2 Å². The first kappa shape index (κ1) is 16.0. The molecule has 0 amide bonds. The Morgan fingerprint density at radius 2 is 1.76 bits per heavy atom. The molecule has 4 rings (SSSR count). The number of thioether (sulfide) groups is 1. The molecule has 0 bridgehead atoms. The van der Waals surface area contributed by atoms with Crippen molar-refractivity contribution in [3.05, 3.63) is 77.3 Å². The molecule has 6 heteroatoms. The van der Waals surface area contributed by atoms with Crippen LogP contribution in [-0.4, -0.2) is 14.9 Å². The zero-order chi connectivity index (χ0) is 17.2. The lowest BCUT2D eigenvalue weighted by molar-refractivity contribution is 0.849. The van der Waals surface area contributed by atoms with Crippen molar-refractivity contribution in [1.82, 2.24) is 14.9 Å². The Kier molecular flexibility index (Phi) is 4.34. The molecule has 2 N–H and O–H groups in total. The van der Waals surface area contributed by atoms with Gasteiger partial charge in [0, 0.05) is 16.3 Å². The maximum Gasteiger partial charge on any atom is 0.210 e. The molecule has 0 saturated heterocycles. The molecule has 0 saturated carbocycles. The standard InChI is InChI=1S/C19H15ClN4S/c20-16-9-4-7-14(11-16)18-22-23-19(24(18)21)25-12-15-8-3-6-13-5-1-2-10-17(13)15/h1-11H,12,21H2. The highest BCUT2D eigenvalue weighted by Crippen LogP contribution is 2.28. The van der Waals surface area contributed by atoms with E-state index >= 15 is 0 Å². The molecule has 0 unspecified atom stereocenters. The van der Waals surface area contributed by atoms with Crippen molar-refractivity contribution in [1.29, 1.82) is 0 Å². The maximum atomic E-state index is 6.19. The second-order valence-electron chi connectivity index (χ2n) is 5.61. The fraction of sp³-hybridized carbons (Fsp3) is 0.0526. The van der Waals surface area contributed by atoms with Gasteiger partial charge in [0.05, 0.1) is 0 Å². The first-order valence-electron chi connectivity index (χ1n) is 7.78. The van der Waals surface area contributed by atoms with Crippen molar-refractivity contribution in [3.63, 3.8) is 0 Å². The highest BCUT2D eigenvalue weighted by atomic mass is 35.5. The van der Waals surface area contributed by atoms with Gasteiger partial charge in [-0.25, -0.2) is 4.68 Å². The molecule has 0 aliphatic carbocycles. The first-order chi connectivity index (χ1) is 12.2. The van der Waals surface area contributed by atoms with Gasteiger partial charge in [-0.05, 0) is 28.5 Å². The number of nitrogen functional groups attached to an aromatic ring is 1. The summed E-state index contributed by atoms with van der Waals surface area (Å²) in [4.78, 5) is 0. The smallest absolute Gasteiger partial charge is 0.210 e. The lowest BCUT2D eigenvalue weighted by atomic mass is 10.1. The molecule has 0 fully saturated rings. The molecule has 0 aliphatic rings. The van der Waals surface area contributed by atoms with Gasteiger partial charge in [-0.3, -0.25) is 0 Å². The second kappa shape index (κ2) is 6.78. The quantitative estimate of drug-likeness (QED) is 0.418. The van der Waals surface area contributed by atoms with Crippen molar-refractivity contribution in [2.45, 2.75) is 10.9 Å². The number of hydrogen-bond donors (Lipinski definition) is 1. The maximum absolute atomic E-state index is 6.19. The molecule has 0 spiro atoms. The number of benzene rings is 3. The molecule has 0 aliphatic heterocycles. The van der Waals surface area contributed by atoms with Gasteiger partial charge in [0.15, 0.2) is 5.82 Å². The molecule has 4 aromatic rings. The van der Waals surface area contributed by atoms with Crippen molar-refractivity contribution in [3.8, 4) is 11.4 Å². The molecular weight excluding hydrogens is 352 g/mol. The number of nitrogens with zero attached hydrogens (tertiary/aromatic N) is 3. The number of nitrogens with two attached hydrogens (primary N) is 1. The Bertz CT molecular complexity index is 1040. The largest absolute Gasteiger partial charge is 0.335 e. The summed E-state index contributed by atoms with van der Waals surface area (Å²) in [7, 11) is 0. The van der Waals surface area contributed by atoms with Crippen LogP contribution in [0.1, 0.15) is 5.56 Å². The van der Waals surface area contributed by atoms with E-state index in [1.165, 1.54) is 21.0 Å². The predicted octanol–water partition coefficient (Wildman–Crippen LogP) is 4.76. The van der Waals surface area contributed by atoms with Crippen LogP contribution in [0.3, 0.4) is 0 Å². The monoisotopic (exact) mass is 366 g/mol. The van der Waals surface area contributed by atoms with Crippen molar-refractivity contribution in [2.75, 3.05) is 5.84 Å². The Hall–Kier alpha value is -2.50. The normalized spacial score (nSPS) is 11.1. The summed E-state index contributed by atoms with van der Waals surface area (Å²) >= 11 is 7.61. The van der Waals surface area contributed by atoms with Crippen molar-refractivity contribution < 1.29 is 0 Å². The Morgan fingerprint density at radius 3 is 2.64 bits per heavy atom. The average Bonchev–Trinajstić information content (AvgIpc) is 3.00. The van der Waals surface area contributed by atoms with Gasteiger partial charge in [-0.2, -0.15) is 0 Å². The SMILES string of the molecule is Nn1c(SCc2cccc3ccccc23)nnc1-c1cccc(Cl)c1. The van der Waals surface area contributed by atoms with Gasteiger partial charge in [0.25, 0.3) is 0 Å². The third-order valence-electron chi connectivity index (χ3n) is 3.98. The molecule has 1 aromatic heterocycles. The van der Waals surface area contributed by atoms with E-state index in [1.54, 1.807) is 11.8 Å². The van der Waals surface area contributed by atoms with E-state index in [0.717, 1.165) is 11.3 Å². The minimum Gasteiger partial charge on any atom is -0.335 e. The van der Waals surface area contributed by atoms with E-state index in [9.17, 15) is 0 Å². The topological polar surface area (TPSA) is 56.7 Å². The second-order valence-corrected chi connectivity index (χ2v) is 6.99. The Labute approximate surface area is 154 Å². The highest BCUT2D eigenvalue weighted by Gasteiger charge is 2.13. The highest BCUT2D eigenvalue weighted by molar-refractivity contribution is 7.98. The summed E-state index contributed by atoms with van der Waals surface area (Å²) in [5, 5.41) is 12.2. The molecule has 124 valence electrons. The number of fused-ring (bicyclic) bond motifs is 1. The van der Waals surface area contributed by atoms with Crippen LogP contribution >= 0.6 is 23.4 Å². The number of hydrogen-bond acceptors (Lipinski definition) is 4. The Balaban J connectivity index is 1.60. The molecule has 4 nitrogen and oxygen atoms in total. The van der Waals surface area contributed by atoms with Crippen molar-refractivity contribution in [2.24, 2.45) is 0 Å². The minimum absolute atomic E-state index is 0.600. The molecular formula is C19H15ClN4S. The summed E-state index contributed by atoms with van der Waals surface area (Å²) in [5.41, 5.74) is 2.09. The van der Waals surface area contributed by atoms with E-state index in [2.05, 4.69) is 46.6 Å². The molecule has 1 heterocycles. The lowest BCUT2D eigenvalue weighted by Gasteiger charge is -2.07. The van der Waals surface area contributed by atoms with Gasteiger partial charge < -0.3 is 5.84 Å². The number of rotatable bonds is 4. The van der Waals surface area contributed by atoms with Gasteiger partial charge in [-0.15, -0.1) is 10.2 Å². The molecule has 0 atom stereocenters. The van der Waals surface area contributed by atoms with Crippen molar-refractivity contribution >= 4 is 34.1 Å². The fourth-order valence-electron chi connectivity index (χ4n) is 2.76. The lowest BCUT2D eigenvalue weighted by Crippen LogP contribution is -2.11. The zero-order valence-corrected chi connectivity index (χ0v) is 14.8. The number of halogens is 1. The summed E-state index contributed by atoms with van der Waals surface area (Å²) in [6.45, 7) is 0.